The number of hydrogen-bond donors (Lipinski definition) is 1. The predicted molar refractivity (Wildman–Crippen MR) is 69.7 cm³/mol. The number of rotatable bonds is 0. The lowest BCUT2D eigenvalue weighted by Gasteiger charge is -2.20. The number of hydrogen-bond acceptors (Lipinski definition) is 2. The first kappa shape index (κ1) is 13.3. The smallest absolute Gasteiger partial charge is 0.407 e. The topological polar surface area (TPSA) is 40.5 Å². The molecule has 0 spiro atoms. The first-order chi connectivity index (χ1) is 8.30. The minimum atomic E-state index is -0.922. The highest BCUT2D eigenvalue weighted by Crippen LogP contribution is 2.38. The van der Waals surface area contributed by atoms with Crippen LogP contribution in [-0.4, -0.2) is 22.6 Å². The van der Waals surface area contributed by atoms with Crippen molar-refractivity contribution >= 4 is 17.4 Å². The van der Waals surface area contributed by atoms with E-state index in [-0.39, 0.29) is 10.5 Å². The summed E-state index contributed by atoms with van der Waals surface area (Å²) in [5.41, 5.74) is 1.58. The molecule has 1 aromatic heterocycles. The SMILES string of the molecule is CC(C)(C)c1c(F)sc2c1CCCN(C(=O)O)C2. The Kier molecular flexibility index (Phi) is 3.36. The van der Waals surface area contributed by atoms with Crippen molar-refractivity contribution in [3.63, 3.8) is 0 Å². The van der Waals surface area contributed by atoms with Crippen molar-refractivity contribution in [3.8, 4) is 0 Å². The second kappa shape index (κ2) is 4.53. The van der Waals surface area contributed by atoms with Gasteiger partial charge in [-0.25, -0.2) is 4.79 Å². The Morgan fingerprint density at radius 1 is 1.44 bits per heavy atom. The summed E-state index contributed by atoms with van der Waals surface area (Å²) in [6.45, 7) is 6.85. The van der Waals surface area contributed by atoms with Crippen LogP contribution in [0, 0.1) is 5.13 Å². The molecule has 0 aromatic carbocycles. The van der Waals surface area contributed by atoms with E-state index in [9.17, 15) is 9.18 Å². The van der Waals surface area contributed by atoms with E-state index in [0.717, 1.165) is 40.2 Å². The lowest BCUT2D eigenvalue weighted by atomic mass is 9.84. The van der Waals surface area contributed by atoms with E-state index in [1.54, 1.807) is 0 Å². The quantitative estimate of drug-likeness (QED) is 0.783. The zero-order chi connectivity index (χ0) is 13.5. The summed E-state index contributed by atoms with van der Waals surface area (Å²) in [6.07, 6.45) is 0.610. The number of nitrogens with zero attached hydrogens (tertiary/aromatic N) is 1. The summed E-state index contributed by atoms with van der Waals surface area (Å²) in [5, 5.41) is 8.91. The third kappa shape index (κ3) is 2.36. The molecule has 1 amide bonds. The molecule has 0 atom stereocenters. The Morgan fingerprint density at radius 2 is 2.11 bits per heavy atom. The second-order valence-electron chi connectivity index (χ2n) is 5.71. The maximum absolute atomic E-state index is 14.1. The second-order valence-corrected chi connectivity index (χ2v) is 6.77. The van der Waals surface area contributed by atoms with Crippen LogP contribution in [0.5, 0.6) is 0 Å². The molecule has 0 unspecified atom stereocenters. The van der Waals surface area contributed by atoms with Gasteiger partial charge in [-0.05, 0) is 23.8 Å². The molecule has 0 fully saturated rings. The Balaban J connectivity index is 2.44. The van der Waals surface area contributed by atoms with Crippen LogP contribution in [0.1, 0.15) is 43.2 Å². The fraction of sp³-hybridized carbons (Fsp3) is 0.615. The van der Waals surface area contributed by atoms with Gasteiger partial charge in [0.25, 0.3) is 0 Å². The Labute approximate surface area is 110 Å². The van der Waals surface area contributed by atoms with Crippen LogP contribution >= 0.6 is 11.3 Å². The standard InChI is InChI=1S/C13H18FNO2S/c1-13(2,3)10-8-5-4-6-15(12(16)17)7-9(8)18-11(10)14/h4-7H2,1-3H3,(H,16,17). The lowest BCUT2D eigenvalue weighted by Crippen LogP contribution is -2.28. The van der Waals surface area contributed by atoms with E-state index in [1.165, 1.54) is 4.90 Å². The molecule has 1 N–H and O–H groups in total. The van der Waals surface area contributed by atoms with Crippen molar-refractivity contribution in [1.29, 1.82) is 0 Å². The van der Waals surface area contributed by atoms with Crippen LogP contribution in [0.25, 0.3) is 0 Å². The molecule has 0 saturated carbocycles. The molecule has 3 nitrogen and oxygen atoms in total. The number of carboxylic acid groups (broad SMARTS) is 1. The fourth-order valence-corrected chi connectivity index (χ4v) is 3.78. The Morgan fingerprint density at radius 3 is 2.67 bits per heavy atom. The molecule has 0 aliphatic carbocycles. The zero-order valence-corrected chi connectivity index (χ0v) is 11.7. The predicted octanol–water partition coefficient (Wildman–Crippen LogP) is 3.61. The van der Waals surface area contributed by atoms with Crippen molar-refractivity contribution in [1.82, 2.24) is 4.90 Å². The fourth-order valence-electron chi connectivity index (χ4n) is 2.48. The highest BCUT2D eigenvalue weighted by atomic mass is 32.1. The van der Waals surface area contributed by atoms with E-state index in [4.69, 9.17) is 5.11 Å². The van der Waals surface area contributed by atoms with Crippen LogP contribution in [0.4, 0.5) is 9.18 Å². The average molecular weight is 271 g/mol. The third-order valence-corrected chi connectivity index (χ3v) is 4.26. The molecule has 1 aliphatic heterocycles. The first-order valence-electron chi connectivity index (χ1n) is 6.09. The van der Waals surface area contributed by atoms with Gasteiger partial charge in [0.15, 0.2) is 5.13 Å². The summed E-state index contributed by atoms with van der Waals surface area (Å²) in [5.74, 6) is 0. The molecule has 1 aliphatic rings. The minimum absolute atomic E-state index is 0.153. The number of amides is 1. The summed E-state index contributed by atoms with van der Waals surface area (Å²) < 4.78 is 14.1. The van der Waals surface area contributed by atoms with Gasteiger partial charge in [-0.2, -0.15) is 4.39 Å². The number of fused-ring (bicyclic) bond motifs is 1. The molecule has 0 bridgehead atoms. The van der Waals surface area contributed by atoms with Crippen molar-refractivity contribution in [2.75, 3.05) is 6.54 Å². The summed E-state index contributed by atoms with van der Waals surface area (Å²) in [7, 11) is 0. The van der Waals surface area contributed by atoms with Gasteiger partial charge >= 0.3 is 6.09 Å². The zero-order valence-electron chi connectivity index (χ0n) is 10.9. The summed E-state index contributed by atoms with van der Waals surface area (Å²) in [4.78, 5) is 13.3. The largest absolute Gasteiger partial charge is 0.465 e. The van der Waals surface area contributed by atoms with Crippen LogP contribution in [0.3, 0.4) is 0 Å². The van der Waals surface area contributed by atoms with Gasteiger partial charge in [0.05, 0.1) is 6.54 Å². The van der Waals surface area contributed by atoms with Crippen LogP contribution < -0.4 is 0 Å². The average Bonchev–Trinajstić information content (AvgIpc) is 2.41. The van der Waals surface area contributed by atoms with Gasteiger partial charge in [-0.1, -0.05) is 20.8 Å². The van der Waals surface area contributed by atoms with Gasteiger partial charge in [-0.3, -0.25) is 0 Å². The molecule has 0 saturated heterocycles. The minimum Gasteiger partial charge on any atom is -0.465 e. The van der Waals surface area contributed by atoms with E-state index >= 15 is 0 Å². The van der Waals surface area contributed by atoms with Gasteiger partial charge in [0, 0.05) is 17.0 Å². The molecule has 0 radical (unpaired) electrons. The van der Waals surface area contributed by atoms with E-state index < -0.39 is 6.09 Å². The van der Waals surface area contributed by atoms with Gasteiger partial charge in [-0.15, -0.1) is 11.3 Å². The van der Waals surface area contributed by atoms with Crippen molar-refractivity contribution in [2.45, 2.75) is 45.6 Å². The first-order valence-corrected chi connectivity index (χ1v) is 6.90. The van der Waals surface area contributed by atoms with E-state index in [0.29, 0.717) is 13.1 Å². The highest BCUT2D eigenvalue weighted by Gasteiger charge is 2.30. The maximum Gasteiger partial charge on any atom is 0.407 e. The van der Waals surface area contributed by atoms with Crippen LogP contribution in [-0.2, 0) is 18.4 Å². The third-order valence-electron chi connectivity index (χ3n) is 3.26. The van der Waals surface area contributed by atoms with Crippen molar-refractivity contribution in [2.24, 2.45) is 0 Å². The van der Waals surface area contributed by atoms with Gasteiger partial charge in [0.1, 0.15) is 0 Å². The molecule has 1 aromatic rings. The van der Waals surface area contributed by atoms with Crippen LogP contribution in [0.15, 0.2) is 0 Å². The summed E-state index contributed by atoms with van der Waals surface area (Å²) >= 11 is 1.11. The normalized spacial score (nSPS) is 16.3. The van der Waals surface area contributed by atoms with Crippen molar-refractivity contribution in [3.05, 3.63) is 21.1 Å². The van der Waals surface area contributed by atoms with Crippen molar-refractivity contribution < 1.29 is 14.3 Å². The molecule has 100 valence electrons. The number of carbonyl (C=O) groups is 1. The highest BCUT2D eigenvalue weighted by molar-refractivity contribution is 7.10. The van der Waals surface area contributed by atoms with E-state index in [1.807, 2.05) is 20.8 Å². The monoisotopic (exact) mass is 271 g/mol. The molecule has 2 heterocycles. The number of thiophene rings is 1. The van der Waals surface area contributed by atoms with E-state index in [2.05, 4.69) is 0 Å². The Hall–Kier alpha value is -1.10. The Bertz CT molecular complexity index is 476. The molecular weight excluding hydrogens is 253 g/mol. The van der Waals surface area contributed by atoms with Crippen LogP contribution in [0.2, 0.25) is 0 Å². The summed E-state index contributed by atoms with van der Waals surface area (Å²) in [6, 6.07) is 0. The molecule has 2 rings (SSSR count). The van der Waals surface area contributed by atoms with Gasteiger partial charge in [0.2, 0.25) is 0 Å². The molecular formula is C13H18FNO2S. The molecule has 5 heteroatoms. The van der Waals surface area contributed by atoms with Gasteiger partial charge < -0.3 is 10.0 Å². The molecule has 18 heavy (non-hydrogen) atoms. The maximum atomic E-state index is 14.1. The number of halogens is 1. The lowest BCUT2D eigenvalue weighted by molar-refractivity contribution is 0.143.